The summed E-state index contributed by atoms with van der Waals surface area (Å²) in [5, 5.41) is 2.95. The molecule has 0 bridgehead atoms. The van der Waals surface area contributed by atoms with Crippen LogP contribution in [0.15, 0.2) is 53.9 Å². The van der Waals surface area contributed by atoms with Crippen molar-refractivity contribution < 1.29 is 4.39 Å². The van der Waals surface area contributed by atoms with Crippen molar-refractivity contribution in [2.45, 2.75) is 6.92 Å². The van der Waals surface area contributed by atoms with Crippen LogP contribution in [0.25, 0.3) is 23.4 Å². The zero-order valence-corrected chi connectivity index (χ0v) is 12.4. The van der Waals surface area contributed by atoms with Gasteiger partial charge >= 0.3 is 0 Å². The molecule has 3 heteroatoms. The van der Waals surface area contributed by atoms with Gasteiger partial charge in [-0.2, -0.15) is 0 Å². The van der Waals surface area contributed by atoms with Gasteiger partial charge in [0.1, 0.15) is 10.8 Å². The topological polar surface area (TPSA) is 12.9 Å². The second kappa shape index (κ2) is 6.02. The predicted octanol–water partition coefficient (Wildman–Crippen LogP) is 5.43. The fourth-order valence-corrected chi connectivity index (χ4v) is 2.72. The number of benzene rings is 2. The third-order valence-corrected chi connectivity index (χ3v) is 3.95. The fraction of sp³-hybridized carbons (Fsp3) is 0.0556. The molecule has 2 aromatic carbocycles. The van der Waals surface area contributed by atoms with E-state index in [4.69, 9.17) is 0 Å². The van der Waals surface area contributed by atoms with Gasteiger partial charge in [-0.05, 0) is 30.7 Å². The molecule has 1 aromatic heterocycles. The van der Waals surface area contributed by atoms with Crippen LogP contribution in [0.3, 0.4) is 0 Å². The van der Waals surface area contributed by atoms with Crippen molar-refractivity contribution in [3.05, 3.63) is 75.9 Å². The normalized spacial score (nSPS) is 11.1. The molecule has 0 N–H and O–H groups in total. The molecule has 3 rings (SSSR count). The summed E-state index contributed by atoms with van der Waals surface area (Å²) in [6.07, 6.45) is 3.79. The summed E-state index contributed by atoms with van der Waals surface area (Å²) in [5.74, 6) is -0.225. The van der Waals surface area contributed by atoms with Crippen LogP contribution in [-0.4, -0.2) is 4.98 Å². The van der Waals surface area contributed by atoms with Crippen LogP contribution in [-0.2, 0) is 0 Å². The van der Waals surface area contributed by atoms with Gasteiger partial charge in [-0.3, -0.25) is 0 Å². The van der Waals surface area contributed by atoms with Gasteiger partial charge in [-0.25, -0.2) is 9.37 Å². The van der Waals surface area contributed by atoms with Crippen LogP contribution in [0.1, 0.15) is 16.1 Å². The predicted molar refractivity (Wildman–Crippen MR) is 87.6 cm³/mol. The molecule has 0 aliphatic rings. The molecule has 0 saturated heterocycles. The third-order valence-electron chi connectivity index (χ3n) is 3.14. The Morgan fingerprint density at radius 2 is 1.86 bits per heavy atom. The number of hydrogen-bond donors (Lipinski definition) is 0. The standard InChI is InChI=1S/C18H14FNS/c1-13-5-8-15(9-6-13)17-12-21-18(20-17)10-7-14-3-2-4-16(19)11-14/h2-12H,1H3/b10-7+. The van der Waals surface area contributed by atoms with E-state index >= 15 is 0 Å². The number of halogens is 1. The van der Waals surface area contributed by atoms with Crippen molar-refractivity contribution >= 4 is 23.5 Å². The van der Waals surface area contributed by atoms with Gasteiger partial charge in [-0.15, -0.1) is 11.3 Å². The lowest BCUT2D eigenvalue weighted by Gasteiger charge is -1.96. The number of aryl methyl sites for hydroxylation is 1. The highest BCUT2D eigenvalue weighted by molar-refractivity contribution is 7.10. The highest BCUT2D eigenvalue weighted by Crippen LogP contribution is 2.23. The summed E-state index contributed by atoms with van der Waals surface area (Å²) in [5.41, 5.74) is 4.16. The molecule has 0 amide bonds. The van der Waals surface area contributed by atoms with Gasteiger partial charge in [-0.1, -0.05) is 48.0 Å². The smallest absolute Gasteiger partial charge is 0.123 e. The second-order valence-corrected chi connectivity index (χ2v) is 5.72. The molecule has 0 fully saturated rings. The van der Waals surface area contributed by atoms with E-state index in [1.807, 2.05) is 23.6 Å². The Bertz CT molecular complexity index is 772. The molecule has 0 radical (unpaired) electrons. The Morgan fingerprint density at radius 3 is 2.62 bits per heavy atom. The van der Waals surface area contributed by atoms with Crippen LogP contribution in [0, 0.1) is 12.7 Å². The molecule has 1 heterocycles. The summed E-state index contributed by atoms with van der Waals surface area (Å²) in [4.78, 5) is 4.59. The number of thiazole rings is 1. The molecular formula is C18H14FNS. The first-order valence-corrected chi connectivity index (χ1v) is 7.55. The monoisotopic (exact) mass is 295 g/mol. The molecule has 1 nitrogen and oxygen atoms in total. The minimum Gasteiger partial charge on any atom is -0.237 e. The average molecular weight is 295 g/mol. The van der Waals surface area contributed by atoms with E-state index in [1.165, 1.54) is 17.7 Å². The molecule has 0 aliphatic heterocycles. The molecule has 0 atom stereocenters. The first kappa shape index (κ1) is 13.7. The lowest BCUT2D eigenvalue weighted by Crippen LogP contribution is -1.79. The van der Waals surface area contributed by atoms with Crippen molar-refractivity contribution in [3.63, 3.8) is 0 Å². The molecule has 0 saturated carbocycles. The Hall–Kier alpha value is -2.26. The number of nitrogens with zero attached hydrogens (tertiary/aromatic N) is 1. The SMILES string of the molecule is Cc1ccc(-c2csc(/C=C/c3cccc(F)c3)n2)cc1. The summed E-state index contributed by atoms with van der Waals surface area (Å²) in [6, 6.07) is 14.8. The summed E-state index contributed by atoms with van der Waals surface area (Å²) in [7, 11) is 0. The van der Waals surface area contributed by atoms with Crippen LogP contribution in [0.5, 0.6) is 0 Å². The quantitative estimate of drug-likeness (QED) is 0.628. The lowest BCUT2D eigenvalue weighted by atomic mass is 10.1. The van der Waals surface area contributed by atoms with E-state index in [0.29, 0.717) is 0 Å². The minimum atomic E-state index is -0.225. The zero-order valence-electron chi connectivity index (χ0n) is 11.6. The van der Waals surface area contributed by atoms with Crippen LogP contribution in [0.4, 0.5) is 4.39 Å². The molecular weight excluding hydrogens is 281 g/mol. The largest absolute Gasteiger partial charge is 0.237 e. The van der Waals surface area contributed by atoms with Gasteiger partial charge in [0.2, 0.25) is 0 Å². The van der Waals surface area contributed by atoms with Gasteiger partial charge in [0.25, 0.3) is 0 Å². The van der Waals surface area contributed by atoms with Crippen molar-refractivity contribution in [2.24, 2.45) is 0 Å². The minimum absolute atomic E-state index is 0.225. The second-order valence-electron chi connectivity index (χ2n) is 4.83. The number of rotatable bonds is 3. The maximum Gasteiger partial charge on any atom is 0.123 e. The fourth-order valence-electron chi connectivity index (χ4n) is 2.00. The van der Waals surface area contributed by atoms with Gasteiger partial charge in [0, 0.05) is 10.9 Å². The molecule has 0 aliphatic carbocycles. The number of aromatic nitrogens is 1. The van der Waals surface area contributed by atoms with Crippen molar-refractivity contribution in [3.8, 4) is 11.3 Å². The van der Waals surface area contributed by atoms with Crippen molar-refractivity contribution in [1.82, 2.24) is 4.98 Å². The van der Waals surface area contributed by atoms with E-state index in [1.54, 1.807) is 17.4 Å². The lowest BCUT2D eigenvalue weighted by molar-refractivity contribution is 0.627. The molecule has 104 valence electrons. The van der Waals surface area contributed by atoms with E-state index < -0.39 is 0 Å². The molecule has 0 unspecified atom stereocenters. The molecule has 21 heavy (non-hydrogen) atoms. The Labute approximate surface area is 127 Å². The van der Waals surface area contributed by atoms with Crippen molar-refractivity contribution in [2.75, 3.05) is 0 Å². The first-order valence-electron chi connectivity index (χ1n) is 6.67. The Kier molecular flexibility index (Phi) is 3.93. The summed E-state index contributed by atoms with van der Waals surface area (Å²) >= 11 is 1.58. The van der Waals surface area contributed by atoms with Gasteiger partial charge < -0.3 is 0 Å². The van der Waals surface area contributed by atoms with Crippen LogP contribution >= 0.6 is 11.3 Å². The third kappa shape index (κ3) is 3.44. The van der Waals surface area contributed by atoms with Crippen molar-refractivity contribution in [1.29, 1.82) is 0 Å². The van der Waals surface area contributed by atoms with Gasteiger partial charge in [0.05, 0.1) is 5.69 Å². The van der Waals surface area contributed by atoms with E-state index in [2.05, 4.69) is 36.2 Å². The molecule has 0 spiro atoms. The van der Waals surface area contributed by atoms with Crippen LogP contribution in [0.2, 0.25) is 0 Å². The Balaban J connectivity index is 1.80. The number of hydrogen-bond acceptors (Lipinski definition) is 2. The van der Waals surface area contributed by atoms with Crippen LogP contribution < -0.4 is 0 Å². The van der Waals surface area contributed by atoms with E-state index in [-0.39, 0.29) is 5.82 Å². The Morgan fingerprint density at radius 1 is 1.05 bits per heavy atom. The maximum atomic E-state index is 13.1. The average Bonchev–Trinajstić information content (AvgIpc) is 2.95. The first-order chi connectivity index (χ1) is 10.2. The zero-order chi connectivity index (χ0) is 14.7. The summed E-state index contributed by atoms with van der Waals surface area (Å²) < 4.78 is 13.1. The van der Waals surface area contributed by atoms with Gasteiger partial charge in [0.15, 0.2) is 0 Å². The summed E-state index contributed by atoms with van der Waals surface area (Å²) in [6.45, 7) is 2.07. The van der Waals surface area contributed by atoms with E-state index in [9.17, 15) is 4.39 Å². The van der Waals surface area contributed by atoms with E-state index in [0.717, 1.165) is 21.8 Å². The highest BCUT2D eigenvalue weighted by Gasteiger charge is 2.02. The molecule has 3 aromatic rings. The maximum absolute atomic E-state index is 13.1. The highest BCUT2D eigenvalue weighted by atomic mass is 32.1.